The second kappa shape index (κ2) is 17.7. The molecule has 0 nitrogen and oxygen atoms in total. The number of benzene rings is 8. The van der Waals surface area contributed by atoms with Crippen molar-refractivity contribution in [1.29, 1.82) is 0 Å². The molecule has 8 aromatic rings. The topological polar surface area (TPSA) is 0 Å². The van der Waals surface area contributed by atoms with Crippen molar-refractivity contribution in [3.8, 4) is 11.1 Å². The number of hydrogen-bond donors (Lipinski definition) is 0. The van der Waals surface area contributed by atoms with Crippen molar-refractivity contribution in [2.75, 3.05) is 0 Å². The Morgan fingerprint density at radius 3 is 0.848 bits per heavy atom. The van der Waals surface area contributed by atoms with E-state index in [4.69, 9.17) is 0 Å². The molecule has 0 saturated carbocycles. The van der Waals surface area contributed by atoms with Gasteiger partial charge in [0.05, 0.1) is 0 Å². The molecule has 0 aromatic heterocycles. The van der Waals surface area contributed by atoms with Crippen LogP contribution in [0.2, 0.25) is 0 Å². The highest BCUT2D eigenvalue weighted by molar-refractivity contribution is 7.81. The minimum Gasteiger partial charge on any atom is -0.0616 e. The highest BCUT2D eigenvalue weighted by atomic mass is 31.1. The highest BCUT2D eigenvalue weighted by Crippen LogP contribution is 2.48. The molecule has 338 valence electrons. The number of rotatable bonds is 7. The summed E-state index contributed by atoms with van der Waals surface area (Å²) in [5.41, 5.74) is 13.4. The van der Waals surface area contributed by atoms with E-state index in [1.165, 1.54) is 109 Å². The summed E-state index contributed by atoms with van der Waals surface area (Å²) < 4.78 is 0. The molecule has 0 radical (unpaired) electrons. The SMILES string of the molecule is Cc1cc(C)cc(P(c2cc(C)cc(C)c2)c2ccc3ccccc3c2-c2c(P(c3cc(C(C)(C)C)cc(C(C)(C)C)c3)c3cc(C(C)(C)C)cc(C(C)(C)C)c3)ccc3ccccc23)c1. The number of hydrogen-bond acceptors (Lipinski definition) is 0. The van der Waals surface area contributed by atoms with Crippen LogP contribution < -0.4 is 31.8 Å². The Hall–Kier alpha value is -4.86. The van der Waals surface area contributed by atoms with E-state index in [1.54, 1.807) is 0 Å². The van der Waals surface area contributed by atoms with Gasteiger partial charge in [-0.15, -0.1) is 0 Å². The maximum atomic E-state index is 2.59. The van der Waals surface area contributed by atoms with Crippen molar-refractivity contribution in [2.24, 2.45) is 0 Å². The van der Waals surface area contributed by atoms with Gasteiger partial charge in [0, 0.05) is 0 Å². The average Bonchev–Trinajstić information content (AvgIpc) is 3.22. The van der Waals surface area contributed by atoms with Gasteiger partial charge in [0.15, 0.2) is 0 Å². The molecule has 8 aromatic carbocycles. The Bertz CT molecular complexity index is 2880. The summed E-state index contributed by atoms with van der Waals surface area (Å²) in [4.78, 5) is 0. The first-order chi connectivity index (χ1) is 30.9. The zero-order chi connectivity index (χ0) is 47.7. The molecular weight excluding hydrogens is 831 g/mol. The van der Waals surface area contributed by atoms with Crippen molar-refractivity contribution in [1.82, 2.24) is 0 Å². The lowest BCUT2D eigenvalue weighted by molar-refractivity contribution is 0.569. The van der Waals surface area contributed by atoms with Gasteiger partial charge in [0.25, 0.3) is 0 Å². The van der Waals surface area contributed by atoms with Crippen molar-refractivity contribution in [3.05, 3.63) is 190 Å². The maximum absolute atomic E-state index is 2.59. The minimum atomic E-state index is -1.13. The van der Waals surface area contributed by atoms with Gasteiger partial charge in [-0.2, -0.15) is 0 Å². The van der Waals surface area contributed by atoms with Crippen LogP contribution in [-0.4, -0.2) is 0 Å². The lowest BCUT2D eigenvalue weighted by atomic mass is 9.81. The third kappa shape index (κ3) is 9.76. The fourth-order valence-corrected chi connectivity index (χ4v) is 15.1. The van der Waals surface area contributed by atoms with E-state index in [-0.39, 0.29) is 21.7 Å². The summed E-state index contributed by atoms with van der Waals surface area (Å²) in [6.45, 7) is 37.6. The third-order valence-corrected chi connectivity index (χ3v) is 18.1. The van der Waals surface area contributed by atoms with E-state index in [9.17, 15) is 0 Å². The zero-order valence-corrected chi connectivity index (χ0v) is 44.5. The van der Waals surface area contributed by atoms with E-state index >= 15 is 0 Å². The van der Waals surface area contributed by atoms with E-state index in [0.29, 0.717) is 0 Å². The van der Waals surface area contributed by atoms with Crippen LogP contribution in [0.3, 0.4) is 0 Å². The molecule has 0 aliphatic rings. The Labute approximate surface area is 400 Å². The van der Waals surface area contributed by atoms with Gasteiger partial charge in [-0.1, -0.05) is 251 Å². The molecule has 0 amide bonds. The largest absolute Gasteiger partial charge is 0.0616 e. The molecule has 0 aliphatic carbocycles. The summed E-state index contributed by atoms with van der Waals surface area (Å²) in [5, 5.41) is 13.6. The molecule has 0 spiro atoms. The molecule has 0 bridgehead atoms. The fraction of sp³-hybridized carbons (Fsp3) is 0.312. The lowest BCUT2D eigenvalue weighted by Crippen LogP contribution is -2.29. The van der Waals surface area contributed by atoms with Gasteiger partial charge in [-0.3, -0.25) is 0 Å². The first kappa shape index (κ1) is 47.6. The Kier molecular flexibility index (Phi) is 12.7. The Morgan fingerprint density at radius 1 is 0.288 bits per heavy atom. The zero-order valence-electron chi connectivity index (χ0n) is 42.8. The van der Waals surface area contributed by atoms with Crippen LogP contribution in [0.5, 0.6) is 0 Å². The molecule has 2 heteroatoms. The monoisotopic (exact) mass is 903 g/mol. The lowest BCUT2D eigenvalue weighted by Gasteiger charge is -2.33. The normalized spacial score (nSPS) is 12.8. The van der Waals surface area contributed by atoms with E-state index in [1.807, 2.05) is 0 Å². The van der Waals surface area contributed by atoms with Crippen molar-refractivity contribution in [2.45, 2.75) is 132 Å². The molecule has 66 heavy (non-hydrogen) atoms. The molecule has 0 aliphatic heterocycles. The number of aryl methyl sites for hydroxylation is 4. The van der Waals surface area contributed by atoms with E-state index in [2.05, 4.69) is 256 Å². The predicted octanol–water partition coefficient (Wildman–Crippen LogP) is 15.6. The maximum Gasteiger partial charge on any atom is -0.000884 e. The fourth-order valence-electron chi connectivity index (χ4n) is 9.64. The van der Waals surface area contributed by atoms with Crippen molar-refractivity contribution < 1.29 is 0 Å². The number of fused-ring (bicyclic) bond motifs is 2. The molecule has 8 rings (SSSR count). The van der Waals surface area contributed by atoms with Gasteiger partial charge in [0.2, 0.25) is 0 Å². The summed E-state index contributed by atoms with van der Waals surface area (Å²) in [6.07, 6.45) is 0. The summed E-state index contributed by atoms with van der Waals surface area (Å²) in [5.74, 6) is 0. The highest BCUT2D eigenvalue weighted by Gasteiger charge is 2.32. The Balaban J connectivity index is 1.61. The molecular formula is C64H72P2. The van der Waals surface area contributed by atoms with Crippen LogP contribution in [0.25, 0.3) is 32.7 Å². The van der Waals surface area contributed by atoms with Crippen LogP contribution in [0.15, 0.2) is 146 Å². The molecule has 0 atom stereocenters. The Morgan fingerprint density at radius 2 is 0.561 bits per heavy atom. The van der Waals surface area contributed by atoms with Gasteiger partial charge in [-0.25, -0.2) is 0 Å². The molecule has 0 fully saturated rings. The molecule has 0 N–H and O–H groups in total. The van der Waals surface area contributed by atoms with Gasteiger partial charge >= 0.3 is 0 Å². The second-order valence-corrected chi connectivity index (χ2v) is 27.6. The van der Waals surface area contributed by atoms with E-state index in [0.717, 1.165) is 0 Å². The predicted molar refractivity (Wildman–Crippen MR) is 298 cm³/mol. The summed E-state index contributed by atoms with van der Waals surface area (Å²) in [6, 6.07) is 58.0. The van der Waals surface area contributed by atoms with Crippen LogP contribution in [-0.2, 0) is 21.7 Å². The van der Waals surface area contributed by atoms with Crippen molar-refractivity contribution >= 4 is 69.2 Å². The second-order valence-electron chi connectivity index (χ2n) is 23.3. The first-order valence-electron chi connectivity index (χ1n) is 24.0. The summed E-state index contributed by atoms with van der Waals surface area (Å²) in [7, 11) is -2.13. The van der Waals surface area contributed by atoms with E-state index < -0.39 is 15.8 Å². The van der Waals surface area contributed by atoms with Crippen LogP contribution in [0.1, 0.15) is 128 Å². The van der Waals surface area contributed by atoms with Crippen LogP contribution >= 0.6 is 15.8 Å². The smallest absolute Gasteiger partial charge is 0.000884 e. The molecule has 0 unspecified atom stereocenters. The van der Waals surface area contributed by atoms with Crippen LogP contribution in [0, 0.1) is 27.7 Å². The van der Waals surface area contributed by atoms with Gasteiger partial charge in [0.1, 0.15) is 0 Å². The first-order valence-corrected chi connectivity index (χ1v) is 26.7. The summed E-state index contributed by atoms with van der Waals surface area (Å²) >= 11 is 0. The third-order valence-electron chi connectivity index (χ3n) is 13.3. The minimum absolute atomic E-state index is 0.0381. The quantitative estimate of drug-likeness (QED) is 0.140. The molecule has 0 saturated heterocycles. The van der Waals surface area contributed by atoms with Gasteiger partial charge < -0.3 is 0 Å². The molecule has 0 heterocycles. The van der Waals surface area contributed by atoms with Gasteiger partial charge in [-0.05, 0) is 152 Å². The average molecular weight is 903 g/mol. The van der Waals surface area contributed by atoms with Crippen molar-refractivity contribution in [3.63, 3.8) is 0 Å². The standard InChI is InChI=1S/C64H72P2/c1-41-29-42(2)32-51(31-41)65(52-33-43(3)30-44(4)34-52)57-27-25-45-21-17-19-23-55(45)59(57)60-56-24-20-18-22-46(56)26-28-58(60)66(53-37-47(61(5,6)7)35-48(38-53)62(8,9)10)54-39-49(63(11,12)13)36-50(40-54)64(14,15)16/h17-40H,1-16H3. The van der Waals surface area contributed by atoms with Crippen LogP contribution in [0.4, 0.5) is 0 Å².